The van der Waals surface area contributed by atoms with Crippen LogP contribution in [-0.2, 0) is 11.1 Å². The van der Waals surface area contributed by atoms with Gasteiger partial charge in [0, 0.05) is 18.1 Å². The minimum absolute atomic E-state index is 0.0972. The molecule has 0 unspecified atom stereocenters. The molecule has 0 bridgehead atoms. The molecule has 5 rings (SSSR count). The first-order valence-electron chi connectivity index (χ1n) is 9.84. The van der Waals surface area contributed by atoms with Crippen LogP contribution in [0.5, 0.6) is 0 Å². The molecule has 1 heterocycles. The van der Waals surface area contributed by atoms with Crippen molar-refractivity contribution >= 4 is 11.8 Å². The number of hydrogen-bond acceptors (Lipinski definition) is 2. The maximum Gasteiger partial charge on any atom is 0.121 e. The van der Waals surface area contributed by atoms with Crippen molar-refractivity contribution in [2.75, 3.05) is 0 Å². The van der Waals surface area contributed by atoms with E-state index in [0.29, 0.717) is 0 Å². The first-order chi connectivity index (χ1) is 13.7. The standard InChI is InChI=1S/C26H23NO/c1-19-18-27-25(21-13-7-3-8-14-21)17-23(20-11-5-2-6-12-20)26(28,24(19)25)22-15-9-4-10-16-22/h2-19,24,28H,1H3/t19-,24+,25-,26-/m1/s1. The molecule has 0 aromatic heterocycles. The second kappa shape index (κ2) is 6.29. The van der Waals surface area contributed by atoms with E-state index in [0.717, 1.165) is 22.3 Å². The Balaban J connectivity index is 1.81. The number of nitrogens with zero attached hydrogens (tertiary/aromatic N) is 1. The minimum Gasteiger partial charge on any atom is -0.380 e. The summed E-state index contributed by atoms with van der Waals surface area (Å²) in [6, 6.07) is 30.6. The lowest BCUT2D eigenvalue weighted by atomic mass is 9.68. The highest BCUT2D eigenvalue weighted by molar-refractivity contribution is 5.83. The molecule has 0 amide bonds. The Labute approximate surface area is 165 Å². The predicted octanol–water partition coefficient (Wildman–Crippen LogP) is 5.20. The average molecular weight is 365 g/mol. The number of benzene rings is 3. The third-order valence-corrected chi connectivity index (χ3v) is 6.28. The molecular formula is C26H23NO. The van der Waals surface area contributed by atoms with E-state index in [-0.39, 0.29) is 11.8 Å². The van der Waals surface area contributed by atoms with Crippen LogP contribution in [0.1, 0.15) is 23.6 Å². The Morgan fingerprint density at radius 2 is 1.29 bits per heavy atom. The monoisotopic (exact) mass is 365 g/mol. The minimum atomic E-state index is -1.12. The first-order valence-corrected chi connectivity index (χ1v) is 9.84. The fourth-order valence-corrected chi connectivity index (χ4v) is 5.12. The number of fused-ring (bicyclic) bond motifs is 1. The van der Waals surface area contributed by atoms with Crippen molar-refractivity contribution in [3.63, 3.8) is 0 Å². The molecule has 1 N–H and O–H groups in total. The van der Waals surface area contributed by atoms with Crippen LogP contribution in [0.25, 0.3) is 5.57 Å². The quantitative estimate of drug-likeness (QED) is 0.679. The van der Waals surface area contributed by atoms with E-state index in [1.807, 2.05) is 60.8 Å². The summed E-state index contributed by atoms with van der Waals surface area (Å²) in [6.45, 7) is 2.16. The van der Waals surface area contributed by atoms with Gasteiger partial charge >= 0.3 is 0 Å². The highest BCUT2D eigenvalue weighted by Crippen LogP contribution is 2.62. The third-order valence-electron chi connectivity index (χ3n) is 6.28. The molecule has 3 aromatic carbocycles. The number of aliphatic imine (C=N–C) groups is 1. The number of rotatable bonds is 3. The van der Waals surface area contributed by atoms with Gasteiger partial charge in [0.1, 0.15) is 11.1 Å². The van der Waals surface area contributed by atoms with E-state index in [9.17, 15) is 5.11 Å². The lowest BCUT2D eigenvalue weighted by molar-refractivity contribution is 0.0121. The summed E-state index contributed by atoms with van der Waals surface area (Å²) in [6.07, 6.45) is 4.22. The molecule has 0 spiro atoms. The fourth-order valence-electron chi connectivity index (χ4n) is 5.12. The van der Waals surface area contributed by atoms with Gasteiger partial charge in [-0.2, -0.15) is 0 Å². The zero-order valence-corrected chi connectivity index (χ0v) is 15.9. The summed E-state index contributed by atoms with van der Waals surface area (Å²) < 4.78 is 0. The molecule has 1 aliphatic heterocycles. The largest absolute Gasteiger partial charge is 0.380 e. The lowest BCUT2D eigenvalue weighted by Crippen LogP contribution is -2.42. The molecule has 138 valence electrons. The maximum atomic E-state index is 12.4. The van der Waals surface area contributed by atoms with Crippen LogP contribution in [-0.4, -0.2) is 11.3 Å². The summed E-state index contributed by atoms with van der Waals surface area (Å²) in [5.74, 6) is 0.0443. The van der Waals surface area contributed by atoms with Gasteiger partial charge in [0.25, 0.3) is 0 Å². The lowest BCUT2D eigenvalue weighted by Gasteiger charge is -2.39. The van der Waals surface area contributed by atoms with Crippen molar-refractivity contribution < 1.29 is 5.11 Å². The van der Waals surface area contributed by atoms with E-state index in [4.69, 9.17) is 4.99 Å². The molecule has 2 nitrogen and oxygen atoms in total. The molecule has 3 aromatic rings. The summed E-state index contributed by atoms with van der Waals surface area (Å²) in [7, 11) is 0. The Morgan fingerprint density at radius 1 is 0.750 bits per heavy atom. The van der Waals surface area contributed by atoms with Crippen molar-refractivity contribution in [1.29, 1.82) is 0 Å². The van der Waals surface area contributed by atoms with Gasteiger partial charge in [0.2, 0.25) is 0 Å². The van der Waals surface area contributed by atoms with Gasteiger partial charge in [0.15, 0.2) is 0 Å². The molecule has 0 saturated carbocycles. The molecular weight excluding hydrogens is 342 g/mol. The number of aliphatic hydroxyl groups is 1. The van der Waals surface area contributed by atoms with Crippen molar-refractivity contribution in [2.45, 2.75) is 18.1 Å². The van der Waals surface area contributed by atoms with Crippen LogP contribution >= 0.6 is 0 Å². The van der Waals surface area contributed by atoms with Gasteiger partial charge in [-0.3, -0.25) is 4.99 Å². The molecule has 28 heavy (non-hydrogen) atoms. The highest BCUT2D eigenvalue weighted by atomic mass is 16.3. The average Bonchev–Trinajstić information content (AvgIpc) is 3.25. The van der Waals surface area contributed by atoms with Gasteiger partial charge in [-0.25, -0.2) is 0 Å². The fraction of sp³-hybridized carbons (Fsp3) is 0.192. The van der Waals surface area contributed by atoms with E-state index in [2.05, 4.69) is 49.4 Å². The Kier molecular flexibility index (Phi) is 3.85. The van der Waals surface area contributed by atoms with Crippen LogP contribution < -0.4 is 0 Å². The molecule has 0 radical (unpaired) electrons. The summed E-state index contributed by atoms with van der Waals surface area (Å²) in [5, 5.41) is 12.4. The van der Waals surface area contributed by atoms with Gasteiger partial charge in [-0.1, -0.05) is 97.9 Å². The van der Waals surface area contributed by atoms with E-state index in [1.165, 1.54) is 0 Å². The Bertz CT molecular complexity index is 1040. The summed E-state index contributed by atoms with van der Waals surface area (Å²) in [4.78, 5) is 5.02. The van der Waals surface area contributed by atoms with Crippen LogP contribution in [0, 0.1) is 11.8 Å². The van der Waals surface area contributed by atoms with Gasteiger partial charge in [-0.05, 0) is 28.3 Å². The van der Waals surface area contributed by atoms with E-state index < -0.39 is 11.1 Å². The molecule has 1 aliphatic carbocycles. The smallest absolute Gasteiger partial charge is 0.121 e. The Hall–Kier alpha value is -2.97. The summed E-state index contributed by atoms with van der Waals surface area (Å²) >= 11 is 0. The topological polar surface area (TPSA) is 32.6 Å². The van der Waals surface area contributed by atoms with Crippen LogP contribution in [0.2, 0.25) is 0 Å². The molecule has 2 heteroatoms. The first kappa shape index (κ1) is 17.2. The van der Waals surface area contributed by atoms with Crippen molar-refractivity contribution in [2.24, 2.45) is 16.8 Å². The summed E-state index contributed by atoms with van der Waals surface area (Å²) in [5.41, 5.74) is 2.36. The molecule has 2 aliphatic rings. The van der Waals surface area contributed by atoms with E-state index in [1.54, 1.807) is 0 Å². The van der Waals surface area contributed by atoms with E-state index >= 15 is 0 Å². The van der Waals surface area contributed by atoms with Crippen molar-refractivity contribution in [3.8, 4) is 0 Å². The van der Waals surface area contributed by atoms with Crippen LogP contribution in [0.3, 0.4) is 0 Å². The second-order valence-corrected chi connectivity index (χ2v) is 7.86. The third kappa shape index (κ3) is 2.28. The second-order valence-electron chi connectivity index (χ2n) is 7.86. The zero-order valence-electron chi connectivity index (χ0n) is 15.9. The molecule has 4 atom stereocenters. The number of hydrogen-bond donors (Lipinski definition) is 1. The molecule has 0 fully saturated rings. The van der Waals surface area contributed by atoms with Crippen LogP contribution in [0.15, 0.2) is 102 Å². The SMILES string of the molecule is C[C@@H]1C=N[C@@]2(c3ccccc3)C=C(c3ccccc3)[C@](O)(c3ccccc3)[C@@H]12. The normalized spacial score (nSPS) is 30.9. The highest BCUT2D eigenvalue weighted by Gasteiger charge is 2.62. The van der Waals surface area contributed by atoms with Crippen molar-refractivity contribution in [1.82, 2.24) is 0 Å². The van der Waals surface area contributed by atoms with Gasteiger partial charge in [-0.15, -0.1) is 0 Å². The predicted molar refractivity (Wildman–Crippen MR) is 114 cm³/mol. The molecule has 0 saturated heterocycles. The van der Waals surface area contributed by atoms with Crippen molar-refractivity contribution in [3.05, 3.63) is 114 Å². The maximum absolute atomic E-state index is 12.4. The zero-order chi connectivity index (χ0) is 19.2. The van der Waals surface area contributed by atoms with Gasteiger partial charge < -0.3 is 5.11 Å². The van der Waals surface area contributed by atoms with Crippen LogP contribution in [0.4, 0.5) is 0 Å². The van der Waals surface area contributed by atoms with Gasteiger partial charge in [0.05, 0.1) is 0 Å². The Morgan fingerprint density at radius 3 is 1.89 bits per heavy atom.